The van der Waals surface area contributed by atoms with E-state index in [-0.39, 0.29) is 0 Å². The van der Waals surface area contributed by atoms with Gasteiger partial charge >= 0.3 is 0 Å². The van der Waals surface area contributed by atoms with Gasteiger partial charge in [-0.05, 0) is 88.3 Å². The van der Waals surface area contributed by atoms with Gasteiger partial charge in [-0.15, -0.1) is 0 Å². The molecule has 1 aliphatic carbocycles. The van der Waals surface area contributed by atoms with Crippen molar-refractivity contribution in [1.82, 2.24) is 19.5 Å². The van der Waals surface area contributed by atoms with E-state index in [2.05, 4.69) is 114 Å². The Balaban J connectivity index is 1.18. The third-order valence-corrected chi connectivity index (χ3v) is 9.87. The summed E-state index contributed by atoms with van der Waals surface area (Å²) in [6, 6.07) is 60.0. The van der Waals surface area contributed by atoms with Gasteiger partial charge in [-0.2, -0.15) is 0 Å². The molecule has 0 fully saturated rings. The minimum absolute atomic E-state index is 0.647. The summed E-state index contributed by atoms with van der Waals surface area (Å²) in [6.45, 7) is 0. The number of fused-ring (bicyclic) bond motifs is 6. The van der Waals surface area contributed by atoms with Crippen LogP contribution >= 0.6 is 0 Å². The van der Waals surface area contributed by atoms with Crippen LogP contribution in [0.3, 0.4) is 0 Å². The molecular weight excluding hydrogens is 609 g/mol. The fourth-order valence-corrected chi connectivity index (χ4v) is 7.44. The van der Waals surface area contributed by atoms with Gasteiger partial charge in [0.1, 0.15) is 0 Å². The topological polar surface area (TPSA) is 43.6 Å². The Morgan fingerprint density at radius 1 is 0.360 bits per heavy atom. The van der Waals surface area contributed by atoms with E-state index < -0.39 is 0 Å². The third-order valence-electron chi connectivity index (χ3n) is 9.87. The standard InChI is InChI=1S/C46H30N4/c1-4-12-30(13-5-1)44-47-45(31-14-6-2-7-15-31)49-46(48-44)36-23-25-43-41(29-36)40-28-33(22-24-42(40)50(43)37-17-8-3-9-18-37)32-20-21-35-26-34-16-10-11-19-38(34)39(35)27-32/h1-25,27-29H,26H2. The molecule has 7 aromatic carbocycles. The van der Waals surface area contributed by atoms with Gasteiger partial charge in [0.15, 0.2) is 17.5 Å². The average molecular weight is 639 g/mol. The maximum absolute atomic E-state index is 5.04. The zero-order valence-electron chi connectivity index (χ0n) is 27.2. The Bertz CT molecular complexity index is 2660. The van der Waals surface area contributed by atoms with E-state index in [1.807, 2.05) is 60.7 Å². The molecule has 10 rings (SSSR count). The minimum atomic E-state index is 0.647. The second-order valence-electron chi connectivity index (χ2n) is 12.9. The van der Waals surface area contributed by atoms with Gasteiger partial charge in [-0.1, -0.05) is 121 Å². The number of rotatable bonds is 5. The van der Waals surface area contributed by atoms with E-state index >= 15 is 0 Å². The predicted octanol–water partition coefficient (Wildman–Crippen LogP) is 11.2. The Morgan fingerprint density at radius 2 is 0.840 bits per heavy atom. The molecule has 50 heavy (non-hydrogen) atoms. The second kappa shape index (κ2) is 11.5. The van der Waals surface area contributed by atoms with Crippen LogP contribution in [0.2, 0.25) is 0 Å². The van der Waals surface area contributed by atoms with Crippen molar-refractivity contribution >= 4 is 21.8 Å². The molecule has 4 nitrogen and oxygen atoms in total. The molecule has 1 aliphatic rings. The summed E-state index contributed by atoms with van der Waals surface area (Å²) in [6.07, 6.45) is 0.993. The third kappa shape index (κ3) is 4.73. The fourth-order valence-electron chi connectivity index (χ4n) is 7.44. The van der Waals surface area contributed by atoms with Gasteiger partial charge in [0.2, 0.25) is 0 Å². The van der Waals surface area contributed by atoms with Crippen molar-refractivity contribution < 1.29 is 0 Å². The van der Waals surface area contributed by atoms with Gasteiger partial charge in [0.05, 0.1) is 11.0 Å². The van der Waals surface area contributed by atoms with Crippen molar-refractivity contribution in [2.24, 2.45) is 0 Å². The molecule has 9 aromatic rings. The van der Waals surface area contributed by atoms with Crippen molar-refractivity contribution in [2.75, 3.05) is 0 Å². The predicted molar refractivity (Wildman–Crippen MR) is 204 cm³/mol. The average Bonchev–Trinajstić information content (AvgIpc) is 3.73. The molecule has 0 bridgehead atoms. The summed E-state index contributed by atoms with van der Waals surface area (Å²) in [4.78, 5) is 15.0. The summed E-state index contributed by atoms with van der Waals surface area (Å²) >= 11 is 0. The Kier molecular flexibility index (Phi) is 6.53. The normalized spacial score (nSPS) is 11.9. The fraction of sp³-hybridized carbons (Fsp3) is 0.0217. The molecule has 0 saturated carbocycles. The molecule has 0 radical (unpaired) electrons. The quantitative estimate of drug-likeness (QED) is 0.188. The van der Waals surface area contributed by atoms with E-state index in [1.165, 1.54) is 38.8 Å². The van der Waals surface area contributed by atoms with Gasteiger partial charge in [0, 0.05) is 33.2 Å². The summed E-state index contributed by atoms with van der Waals surface area (Å²) in [5.41, 5.74) is 14.2. The van der Waals surface area contributed by atoms with E-state index in [4.69, 9.17) is 15.0 Å². The first-order chi connectivity index (χ1) is 24.8. The Hall–Kier alpha value is -6.65. The van der Waals surface area contributed by atoms with Gasteiger partial charge in [0.25, 0.3) is 0 Å². The molecule has 0 spiro atoms. The lowest BCUT2D eigenvalue weighted by Gasteiger charge is -2.10. The highest BCUT2D eigenvalue weighted by Gasteiger charge is 2.20. The van der Waals surface area contributed by atoms with Crippen LogP contribution in [0.1, 0.15) is 11.1 Å². The minimum Gasteiger partial charge on any atom is -0.309 e. The first-order valence-electron chi connectivity index (χ1n) is 17.0. The molecule has 2 aromatic heterocycles. The van der Waals surface area contributed by atoms with Crippen LogP contribution in [0.15, 0.2) is 170 Å². The lowest BCUT2D eigenvalue weighted by molar-refractivity contribution is 1.07. The zero-order valence-corrected chi connectivity index (χ0v) is 27.2. The van der Waals surface area contributed by atoms with E-state index in [0.29, 0.717) is 17.5 Å². The number of benzene rings is 7. The van der Waals surface area contributed by atoms with Crippen LogP contribution in [0.5, 0.6) is 0 Å². The largest absolute Gasteiger partial charge is 0.309 e. The second-order valence-corrected chi connectivity index (χ2v) is 12.9. The van der Waals surface area contributed by atoms with Crippen LogP contribution in [0.4, 0.5) is 0 Å². The number of aromatic nitrogens is 4. The SMILES string of the molecule is c1ccc(-c2nc(-c3ccccc3)nc(-c3ccc4c(c3)c3cc(-c5ccc6c(c5)-c5ccccc5C6)ccc3n4-c3ccccc3)n2)cc1. The molecule has 0 saturated heterocycles. The van der Waals surface area contributed by atoms with Gasteiger partial charge < -0.3 is 4.57 Å². The molecule has 0 amide bonds. The summed E-state index contributed by atoms with van der Waals surface area (Å²) in [7, 11) is 0. The van der Waals surface area contributed by atoms with Crippen molar-refractivity contribution in [3.8, 4) is 62.1 Å². The van der Waals surface area contributed by atoms with Crippen LogP contribution in [-0.4, -0.2) is 19.5 Å². The van der Waals surface area contributed by atoms with Gasteiger partial charge in [-0.3, -0.25) is 0 Å². The Labute approximate surface area is 290 Å². The molecule has 0 aliphatic heterocycles. The lowest BCUT2D eigenvalue weighted by atomic mass is 9.97. The van der Waals surface area contributed by atoms with Crippen LogP contribution in [-0.2, 0) is 6.42 Å². The smallest absolute Gasteiger partial charge is 0.164 e. The maximum atomic E-state index is 5.04. The maximum Gasteiger partial charge on any atom is 0.164 e. The lowest BCUT2D eigenvalue weighted by Crippen LogP contribution is -2.00. The molecule has 0 unspecified atom stereocenters. The summed E-state index contributed by atoms with van der Waals surface area (Å²) < 4.78 is 2.36. The monoisotopic (exact) mass is 638 g/mol. The van der Waals surface area contributed by atoms with Crippen LogP contribution in [0.25, 0.3) is 83.9 Å². The zero-order chi connectivity index (χ0) is 33.0. The number of hydrogen-bond acceptors (Lipinski definition) is 3. The summed E-state index contributed by atoms with van der Waals surface area (Å²) in [5, 5.41) is 2.34. The molecule has 234 valence electrons. The highest BCUT2D eigenvalue weighted by atomic mass is 15.0. The number of nitrogens with zero attached hydrogens (tertiary/aromatic N) is 4. The number of hydrogen-bond donors (Lipinski definition) is 0. The number of para-hydroxylation sites is 1. The molecule has 0 atom stereocenters. The van der Waals surface area contributed by atoms with Crippen molar-refractivity contribution in [3.05, 3.63) is 181 Å². The highest BCUT2D eigenvalue weighted by molar-refractivity contribution is 6.11. The van der Waals surface area contributed by atoms with E-state index in [1.54, 1.807) is 0 Å². The Morgan fingerprint density at radius 3 is 1.50 bits per heavy atom. The molecule has 2 heterocycles. The summed E-state index contributed by atoms with van der Waals surface area (Å²) in [5.74, 6) is 1.96. The van der Waals surface area contributed by atoms with Crippen molar-refractivity contribution in [2.45, 2.75) is 6.42 Å². The van der Waals surface area contributed by atoms with Crippen molar-refractivity contribution in [3.63, 3.8) is 0 Å². The van der Waals surface area contributed by atoms with Crippen LogP contribution in [0, 0.1) is 0 Å². The first-order valence-corrected chi connectivity index (χ1v) is 17.0. The molecular formula is C46H30N4. The van der Waals surface area contributed by atoms with E-state index in [9.17, 15) is 0 Å². The molecule has 4 heteroatoms. The van der Waals surface area contributed by atoms with E-state index in [0.717, 1.165) is 45.2 Å². The molecule has 0 N–H and O–H groups in total. The van der Waals surface area contributed by atoms with Crippen molar-refractivity contribution in [1.29, 1.82) is 0 Å². The first kappa shape index (κ1) is 28.4. The van der Waals surface area contributed by atoms with Gasteiger partial charge in [-0.25, -0.2) is 15.0 Å². The van der Waals surface area contributed by atoms with Crippen LogP contribution < -0.4 is 0 Å². The highest BCUT2D eigenvalue weighted by Crippen LogP contribution is 2.41.